The average molecular weight is 203 g/mol. The maximum Gasteiger partial charge on any atom is 0.154 e. The Morgan fingerprint density at radius 2 is 1.58 bits per heavy atom. The van der Waals surface area contributed by atoms with Gasteiger partial charge in [-0.3, -0.25) is 0 Å². The summed E-state index contributed by atoms with van der Waals surface area (Å²) in [5, 5.41) is 0.870. The smallest absolute Gasteiger partial charge is 0.154 e. The minimum Gasteiger partial charge on any atom is -0.356 e. The molecule has 1 nitrogen and oxygen atoms in total. The van der Waals surface area contributed by atoms with E-state index in [9.17, 15) is 4.89 Å². The fourth-order valence-electron chi connectivity index (χ4n) is 1.14. The van der Waals surface area contributed by atoms with E-state index in [2.05, 4.69) is 13.0 Å². The van der Waals surface area contributed by atoms with Crippen molar-refractivity contribution in [3.05, 3.63) is 28.8 Å². The van der Waals surface area contributed by atoms with E-state index in [0.717, 1.165) is 10.9 Å². The number of rotatable bonds is 1. The molecule has 0 aromatic heterocycles. The Bertz CT molecular complexity index is 297. The van der Waals surface area contributed by atoms with E-state index in [1.165, 1.54) is 11.1 Å². The fourth-order valence-corrected chi connectivity index (χ4v) is 2.35. The van der Waals surface area contributed by atoms with E-state index < -0.39 is 7.50 Å². The third kappa shape index (κ3) is 1.98. The number of hydrogen-bond acceptors (Lipinski definition) is 1. The standard InChI is InChI=1S/C9H12ClOP/c1-6-4-8(3)9(12(10)11)5-7(6)2/h4-5,11H,1-3H3. The van der Waals surface area contributed by atoms with Crippen molar-refractivity contribution in [1.82, 2.24) is 0 Å². The molecule has 0 amide bonds. The molecule has 1 aromatic rings. The lowest BCUT2D eigenvalue weighted by molar-refractivity contribution is 0.649. The van der Waals surface area contributed by atoms with Crippen LogP contribution in [0.25, 0.3) is 0 Å². The number of halogens is 1. The van der Waals surface area contributed by atoms with E-state index in [1.807, 2.05) is 19.9 Å². The summed E-state index contributed by atoms with van der Waals surface area (Å²) in [4.78, 5) is 9.25. The summed E-state index contributed by atoms with van der Waals surface area (Å²) in [6.07, 6.45) is 0. The van der Waals surface area contributed by atoms with Crippen molar-refractivity contribution in [2.24, 2.45) is 0 Å². The highest BCUT2D eigenvalue weighted by molar-refractivity contribution is 7.85. The first-order valence-electron chi connectivity index (χ1n) is 3.75. The summed E-state index contributed by atoms with van der Waals surface area (Å²) < 4.78 is 0. The highest BCUT2D eigenvalue weighted by atomic mass is 35.7. The molecule has 0 heterocycles. The van der Waals surface area contributed by atoms with Crippen LogP contribution in [0.2, 0.25) is 0 Å². The number of hydrogen-bond donors (Lipinski definition) is 1. The van der Waals surface area contributed by atoms with Crippen molar-refractivity contribution >= 4 is 24.0 Å². The summed E-state index contributed by atoms with van der Waals surface area (Å²) in [6, 6.07) is 4.02. The summed E-state index contributed by atoms with van der Waals surface area (Å²) in [6.45, 7) is 6.05. The molecular weight excluding hydrogens is 191 g/mol. The summed E-state index contributed by atoms with van der Waals surface area (Å²) in [5.41, 5.74) is 3.49. The lowest BCUT2D eigenvalue weighted by Gasteiger charge is -2.09. The molecule has 1 rings (SSSR count). The molecule has 0 spiro atoms. The topological polar surface area (TPSA) is 20.2 Å². The van der Waals surface area contributed by atoms with E-state index >= 15 is 0 Å². The molecule has 12 heavy (non-hydrogen) atoms. The van der Waals surface area contributed by atoms with Gasteiger partial charge in [0.05, 0.1) is 0 Å². The van der Waals surface area contributed by atoms with E-state index in [0.29, 0.717) is 0 Å². The van der Waals surface area contributed by atoms with Gasteiger partial charge in [0.1, 0.15) is 0 Å². The molecule has 3 heteroatoms. The Morgan fingerprint density at radius 1 is 1.08 bits per heavy atom. The van der Waals surface area contributed by atoms with Gasteiger partial charge in [0, 0.05) is 5.30 Å². The Kier molecular flexibility index (Phi) is 3.11. The maximum atomic E-state index is 9.25. The minimum absolute atomic E-state index is 0.870. The van der Waals surface area contributed by atoms with Crippen molar-refractivity contribution in [2.75, 3.05) is 0 Å². The van der Waals surface area contributed by atoms with Crippen molar-refractivity contribution in [2.45, 2.75) is 20.8 Å². The van der Waals surface area contributed by atoms with Gasteiger partial charge in [-0.2, -0.15) is 0 Å². The van der Waals surface area contributed by atoms with Crippen molar-refractivity contribution < 1.29 is 4.89 Å². The molecule has 1 atom stereocenters. The molecule has 0 aliphatic rings. The molecule has 0 saturated heterocycles. The first kappa shape index (κ1) is 9.98. The zero-order valence-electron chi connectivity index (χ0n) is 7.43. The maximum absolute atomic E-state index is 9.25. The van der Waals surface area contributed by atoms with Crippen molar-refractivity contribution in [3.8, 4) is 0 Å². The Labute approximate surface area is 79.0 Å². The average Bonchev–Trinajstić information content (AvgIpc) is 1.96. The molecule has 1 aromatic carbocycles. The molecule has 0 radical (unpaired) electrons. The second kappa shape index (κ2) is 3.74. The van der Waals surface area contributed by atoms with Crippen LogP contribution < -0.4 is 5.30 Å². The second-order valence-electron chi connectivity index (χ2n) is 2.98. The van der Waals surface area contributed by atoms with Gasteiger partial charge >= 0.3 is 0 Å². The molecule has 1 unspecified atom stereocenters. The largest absolute Gasteiger partial charge is 0.356 e. The number of benzene rings is 1. The summed E-state index contributed by atoms with van der Waals surface area (Å²) in [7, 11) is -1.47. The van der Waals surface area contributed by atoms with Gasteiger partial charge in [-0.1, -0.05) is 17.3 Å². The van der Waals surface area contributed by atoms with Crippen LogP contribution >= 0.6 is 18.7 Å². The van der Waals surface area contributed by atoms with Crippen LogP contribution in [-0.4, -0.2) is 4.89 Å². The second-order valence-corrected chi connectivity index (χ2v) is 4.95. The molecule has 0 fully saturated rings. The molecule has 1 N–H and O–H groups in total. The van der Waals surface area contributed by atoms with Crippen LogP contribution in [0.4, 0.5) is 0 Å². The first-order chi connectivity index (χ1) is 5.52. The van der Waals surface area contributed by atoms with Crippen LogP contribution in [-0.2, 0) is 0 Å². The van der Waals surface area contributed by atoms with Crippen LogP contribution in [0.15, 0.2) is 12.1 Å². The molecule has 0 aliphatic heterocycles. The van der Waals surface area contributed by atoms with Gasteiger partial charge in [0.25, 0.3) is 0 Å². The zero-order chi connectivity index (χ0) is 9.30. The normalized spacial score (nSPS) is 13.1. The fraction of sp³-hybridized carbons (Fsp3) is 0.333. The van der Waals surface area contributed by atoms with Crippen molar-refractivity contribution in [1.29, 1.82) is 0 Å². The first-order valence-corrected chi connectivity index (χ1v) is 5.95. The monoisotopic (exact) mass is 202 g/mol. The van der Waals surface area contributed by atoms with Crippen LogP contribution in [0.1, 0.15) is 16.7 Å². The highest BCUT2D eigenvalue weighted by Crippen LogP contribution is 2.36. The lowest BCUT2D eigenvalue weighted by atomic mass is 10.1. The van der Waals surface area contributed by atoms with Crippen molar-refractivity contribution in [3.63, 3.8) is 0 Å². The number of aryl methyl sites for hydroxylation is 3. The van der Waals surface area contributed by atoms with E-state index in [-0.39, 0.29) is 0 Å². The van der Waals surface area contributed by atoms with E-state index in [4.69, 9.17) is 11.2 Å². The molecule has 0 saturated carbocycles. The third-order valence-corrected chi connectivity index (χ3v) is 3.44. The summed E-state index contributed by atoms with van der Waals surface area (Å²) >= 11 is 5.65. The highest BCUT2D eigenvalue weighted by Gasteiger charge is 2.08. The molecule has 0 bridgehead atoms. The predicted octanol–water partition coefficient (Wildman–Crippen LogP) is 2.78. The Morgan fingerprint density at radius 3 is 2.08 bits per heavy atom. The van der Waals surface area contributed by atoms with Gasteiger partial charge in [-0.15, -0.1) is 0 Å². The van der Waals surface area contributed by atoms with Gasteiger partial charge < -0.3 is 4.89 Å². The van der Waals surface area contributed by atoms with Crippen LogP contribution in [0, 0.1) is 20.8 Å². The van der Waals surface area contributed by atoms with Crippen LogP contribution in [0.3, 0.4) is 0 Å². The SMILES string of the molecule is Cc1cc(C)c(P(O)Cl)cc1C. The Balaban J connectivity index is 3.23. The van der Waals surface area contributed by atoms with Crippen LogP contribution in [0.5, 0.6) is 0 Å². The summed E-state index contributed by atoms with van der Waals surface area (Å²) in [5.74, 6) is 0. The molecular formula is C9H12ClOP. The quantitative estimate of drug-likeness (QED) is 0.695. The zero-order valence-corrected chi connectivity index (χ0v) is 9.08. The Hall–Kier alpha value is -0.100. The van der Waals surface area contributed by atoms with Gasteiger partial charge in [-0.25, -0.2) is 0 Å². The molecule has 0 aliphatic carbocycles. The van der Waals surface area contributed by atoms with Gasteiger partial charge in [-0.05, 0) is 43.5 Å². The molecule has 66 valence electrons. The lowest BCUT2D eigenvalue weighted by Crippen LogP contribution is -2.04. The van der Waals surface area contributed by atoms with E-state index in [1.54, 1.807) is 0 Å². The minimum atomic E-state index is -1.47. The predicted molar refractivity (Wildman–Crippen MR) is 55.3 cm³/mol. The third-order valence-electron chi connectivity index (χ3n) is 2.01. The van der Waals surface area contributed by atoms with Gasteiger partial charge in [0.15, 0.2) is 7.50 Å². The van der Waals surface area contributed by atoms with Gasteiger partial charge in [0.2, 0.25) is 0 Å².